The first-order valence-corrected chi connectivity index (χ1v) is 7.92. The van der Waals surface area contributed by atoms with Crippen LogP contribution in [0.2, 0.25) is 0 Å². The second-order valence-corrected chi connectivity index (χ2v) is 6.54. The molecule has 0 saturated heterocycles. The van der Waals surface area contributed by atoms with Gasteiger partial charge in [0.15, 0.2) is 0 Å². The number of fused-ring (bicyclic) bond motifs is 1. The number of rotatable bonds is 3. The van der Waals surface area contributed by atoms with Crippen LogP contribution in [0.1, 0.15) is 10.4 Å². The molecule has 0 unspecified atom stereocenters. The highest BCUT2D eigenvalue weighted by Crippen LogP contribution is 2.25. The monoisotopic (exact) mass is 370 g/mol. The number of carbonyl (C=O) groups excluding carboxylic acids is 1. The molecule has 1 aliphatic heterocycles. The number of carbonyl (C=O) groups is 1. The van der Waals surface area contributed by atoms with E-state index in [2.05, 4.69) is 21.0 Å². The molecule has 3 heterocycles. The second-order valence-electron chi connectivity index (χ2n) is 4.69. The number of thiophene rings is 1. The first kappa shape index (κ1) is 14.2. The predicted octanol–water partition coefficient (Wildman–Crippen LogP) is 2.20. The normalized spacial score (nSPS) is 14.0. The number of halogens is 1. The zero-order valence-electron chi connectivity index (χ0n) is 10.9. The maximum absolute atomic E-state index is 12.3. The molecular weight excluding hydrogens is 360 g/mol. The smallest absolute Gasteiger partial charge is 0.358 e. The first-order chi connectivity index (χ1) is 10.0. The van der Waals surface area contributed by atoms with E-state index >= 15 is 0 Å². The molecule has 1 aliphatic rings. The minimum Gasteiger partial charge on any atom is -0.358 e. The van der Waals surface area contributed by atoms with Crippen LogP contribution in [-0.4, -0.2) is 32.1 Å². The van der Waals surface area contributed by atoms with E-state index in [1.165, 1.54) is 21.3 Å². The zero-order chi connectivity index (χ0) is 15.0. The molecule has 7 nitrogen and oxygen atoms in total. The second kappa shape index (κ2) is 5.57. The van der Waals surface area contributed by atoms with Crippen molar-refractivity contribution in [3.63, 3.8) is 0 Å². The molecule has 0 aliphatic carbocycles. The van der Waals surface area contributed by atoms with E-state index in [4.69, 9.17) is 0 Å². The summed E-state index contributed by atoms with van der Waals surface area (Å²) in [6, 6.07) is 2.04. The van der Waals surface area contributed by atoms with Crippen LogP contribution in [0.4, 0.5) is 5.82 Å². The zero-order valence-corrected chi connectivity index (χ0v) is 13.3. The van der Waals surface area contributed by atoms with E-state index in [1.807, 2.05) is 11.4 Å². The van der Waals surface area contributed by atoms with Crippen LogP contribution in [-0.2, 0) is 24.3 Å². The molecule has 0 saturated carbocycles. The highest BCUT2D eigenvalue weighted by atomic mass is 79.9. The lowest BCUT2D eigenvalue weighted by Gasteiger charge is -2.26. The molecule has 1 amide bonds. The summed E-state index contributed by atoms with van der Waals surface area (Å²) in [6.07, 6.45) is 2.32. The average molecular weight is 371 g/mol. The third kappa shape index (κ3) is 2.84. The fourth-order valence-corrected chi connectivity index (χ4v) is 3.64. The van der Waals surface area contributed by atoms with Crippen LogP contribution in [0, 0.1) is 10.1 Å². The third-order valence-electron chi connectivity index (χ3n) is 3.33. The number of amides is 1. The van der Waals surface area contributed by atoms with Gasteiger partial charge in [0, 0.05) is 18.0 Å². The Bertz CT molecular complexity index is 711. The van der Waals surface area contributed by atoms with Crippen molar-refractivity contribution in [2.45, 2.75) is 19.5 Å². The summed E-state index contributed by atoms with van der Waals surface area (Å²) in [4.78, 5) is 25.5. The Kier molecular flexibility index (Phi) is 3.77. The Labute approximate surface area is 132 Å². The summed E-state index contributed by atoms with van der Waals surface area (Å²) in [6.45, 7) is 1.28. The fraction of sp³-hybridized carbons (Fsp3) is 0.333. The summed E-state index contributed by atoms with van der Waals surface area (Å²) < 4.78 is 1.58. The fourth-order valence-electron chi connectivity index (χ4n) is 2.29. The van der Waals surface area contributed by atoms with Gasteiger partial charge in [-0.3, -0.25) is 4.79 Å². The van der Waals surface area contributed by atoms with Gasteiger partial charge in [0.2, 0.25) is 5.91 Å². The Morgan fingerprint density at radius 1 is 1.57 bits per heavy atom. The highest BCUT2D eigenvalue weighted by molar-refractivity contribution is 9.10. The van der Waals surface area contributed by atoms with Gasteiger partial charge in [0.05, 0.1) is 11.3 Å². The maximum Gasteiger partial charge on any atom is 0.404 e. The van der Waals surface area contributed by atoms with Crippen LogP contribution in [0.5, 0.6) is 0 Å². The molecule has 0 bridgehead atoms. The van der Waals surface area contributed by atoms with Crippen molar-refractivity contribution in [2.24, 2.45) is 0 Å². The largest absolute Gasteiger partial charge is 0.404 e. The molecule has 3 rings (SSSR count). The van der Waals surface area contributed by atoms with E-state index in [0.717, 1.165) is 6.42 Å². The summed E-state index contributed by atoms with van der Waals surface area (Å²) >= 11 is 4.79. The number of aromatic nitrogens is 2. The van der Waals surface area contributed by atoms with Crippen molar-refractivity contribution < 1.29 is 9.72 Å². The Morgan fingerprint density at radius 2 is 2.38 bits per heavy atom. The minimum absolute atomic E-state index is 0.00586. The quantitative estimate of drug-likeness (QED) is 0.612. The van der Waals surface area contributed by atoms with Crippen LogP contribution >= 0.6 is 27.3 Å². The van der Waals surface area contributed by atoms with E-state index in [1.54, 1.807) is 16.2 Å². The van der Waals surface area contributed by atoms with Gasteiger partial charge < -0.3 is 15.0 Å². The van der Waals surface area contributed by atoms with Crippen molar-refractivity contribution in [3.8, 4) is 0 Å². The molecule has 0 N–H and O–H groups in total. The van der Waals surface area contributed by atoms with Gasteiger partial charge in [-0.25, -0.2) is 0 Å². The lowest BCUT2D eigenvalue weighted by Crippen LogP contribution is -2.37. The average Bonchev–Trinajstić information content (AvgIpc) is 3.04. The third-order valence-corrected chi connectivity index (χ3v) is 4.91. The predicted molar refractivity (Wildman–Crippen MR) is 80.0 cm³/mol. The molecule has 110 valence electrons. The van der Waals surface area contributed by atoms with Crippen LogP contribution in [0.3, 0.4) is 0 Å². The summed E-state index contributed by atoms with van der Waals surface area (Å²) in [5.41, 5.74) is 1.19. The molecule has 0 fully saturated rings. The molecule has 2 aromatic rings. The van der Waals surface area contributed by atoms with Gasteiger partial charge >= 0.3 is 5.82 Å². The molecule has 0 aromatic carbocycles. The van der Waals surface area contributed by atoms with Crippen molar-refractivity contribution >= 4 is 39.0 Å². The summed E-state index contributed by atoms with van der Waals surface area (Å²) in [5, 5.41) is 16.6. The van der Waals surface area contributed by atoms with Crippen LogP contribution < -0.4 is 0 Å². The molecule has 0 atom stereocenters. The van der Waals surface area contributed by atoms with Gasteiger partial charge in [0.1, 0.15) is 11.0 Å². The van der Waals surface area contributed by atoms with Gasteiger partial charge in [-0.2, -0.15) is 4.68 Å². The summed E-state index contributed by atoms with van der Waals surface area (Å²) in [7, 11) is 0. The number of hydrogen-bond acceptors (Lipinski definition) is 5. The van der Waals surface area contributed by atoms with Gasteiger partial charge in [-0.05, 0) is 44.3 Å². The van der Waals surface area contributed by atoms with Crippen molar-refractivity contribution in [1.82, 2.24) is 14.7 Å². The van der Waals surface area contributed by atoms with Crippen LogP contribution in [0.25, 0.3) is 0 Å². The van der Waals surface area contributed by atoms with E-state index in [9.17, 15) is 14.9 Å². The molecular formula is C12H11BrN4O3S. The first-order valence-electron chi connectivity index (χ1n) is 6.25. The number of nitro groups is 1. The summed E-state index contributed by atoms with van der Waals surface area (Å²) in [5.74, 6) is -0.363. The molecule has 0 spiro atoms. The van der Waals surface area contributed by atoms with Gasteiger partial charge in [-0.1, -0.05) is 0 Å². The minimum atomic E-state index is -0.580. The molecule has 2 aromatic heterocycles. The standard InChI is InChI=1S/C12H11BrN4O3S/c13-9-6-16(14-12(9)17(19)20)7-11(18)15-3-1-10-8(5-15)2-4-21-10/h2,4,6H,1,3,5,7H2. The molecule has 9 heteroatoms. The molecule has 0 radical (unpaired) electrons. The SMILES string of the molecule is O=C(Cn1cc(Br)c([N+](=O)[O-])n1)N1CCc2sccc2C1. The molecule has 21 heavy (non-hydrogen) atoms. The van der Waals surface area contributed by atoms with Gasteiger partial charge in [0.25, 0.3) is 0 Å². The van der Waals surface area contributed by atoms with E-state index in [-0.39, 0.29) is 22.7 Å². The van der Waals surface area contributed by atoms with Gasteiger partial charge in [-0.15, -0.1) is 11.3 Å². The number of nitrogens with zero attached hydrogens (tertiary/aromatic N) is 4. The maximum atomic E-state index is 12.3. The van der Waals surface area contributed by atoms with E-state index in [0.29, 0.717) is 13.1 Å². The Balaban J connectivity index is 1.70. The Morgan fingerprint density at radius 3 is 3.10 bits per heavy atom. The lowest BCUT2D eigenvalue weighted by atomic mass is 10.1. The van der Waals surface area contributed by atoms with E-state index < -0.39 is 4.92 Å². The van der Waals surface area contributed by atoms with Crippen molar-refractivity contribution in [2.75, 3.05) is 6.54 Å². The topological polar surface area (TPSA) is 81.3 Å². The van der Waals surface area contributed by atoms with Crippen LogP contribution in [0.15, 0.2) is 22.1 Å². The lowest BCUT2D eigenvalue weighted by molar-refractivity contribution is -0.390. The van der Waals surface area contributed by atoms with Crippen molar-refractivity contribution in [3.05, 3.63) is 42.7 Å². The highest BCUT2D eigenvalue weighted by Gasteiger charge is 2.24. The van der Waals surface area contributed by atoms with Crippen molar-refractivity contribution in [1.29, 1.82) is 0 Å². The Hall–Kier alpha value is -1.74. The number of hydrogen-bond donors (Lipinski definition) is 0.